The summed E-state index contributed by atoms with van der Waals surface area (Å²) in [5.41, 5.74) is 2.08. The highest BCUT2D eigenvalue weighted by Crippen LogP contribution is 2.51. The lowest BCUT2D eigenvalue weighted by atomic mass is 9.75. The lowest BCUT2D eigenvalue weighted by molar-refractivity contribution is -0.441. The molecule has 18 nitrogen and oxygen atoms in total. The van der Waals surface area contributed by atoms with Gasteiger partial charge in [0.2, 0.25) is 5.69 Å². The van der Waals surface area contributed by atoms with Crippen LogP contribution in [0, 0.1) is 0 Å². The van der Waals surface area contributed by atoms with E-state index in [9.17, 15) is 53.3 Å². The minimum atomic E-state index is -4.87. The van der Waals surface area contributed by atoms with Gasteiger partial charge in [0.1, 0.15) is 26.8 Å². The zero-order valence-corrected chi connectivity index (χ0v) is 37.4. The largest absolute Gasteiger partial charge is 0.748 e. The number of allylic oxidation sites excluding steroid dienone is 6. The number of fused-ring (bicyclic) bond motifs is 2. The molecule has 2 aromatic rings. The maximum Gasteiger partial charge on any atom is 0.333 e. The molecule has 0 N–H and O–H groups in total. The fourth-order valence-electron chi connectivity index (χ4n) is 8.14. The lowest BCUT2D eigenvalue weighted by Crippen LogP contribution is -2.33. The van der Waals surface area contributed by atoms with Crippen LogP contribution in [0.15, 0.2) is 81.8 Å². The molecule has 0 saturated carbocycles. The Kier molecular flexibility index (Phi) is 14.8. The molecule has 5 rings (SSSR count). The van der Waals surface area contributed by atoms with Gasteiger partial charge in [-0.15, -0.1) is 5.06 Å². The third-order valence-electron chi connectivity index (χ3n) is 11.4. The molecule has 3 aliphatic heterocycles. The van der Waals surface area contributed by atoms with Gasteiger partial charge in [0.05, 0.1) is 25.3 Å². The van der Waals surface area contributed by atoms with E-state index in [1.807, 2.05) is 22.5 Å². The molecule has 3 heterocycles. The van der Waals surface area contributed by atoms with E-state index in [4.69, 9.17) is 14.3 Å². The SMILES string of the molecule is COCC[N+]1=C(/C=C/C(C)=C/C=C2/N(CCCC(=O)ON3C(=O)CCC3=O)c3ccc(S(=O)(=O)[O-])cc3C2(C)CCOC)C(C)(CCCS(=O)(=O)[O-])c2cc(S(=O)(=O)[O-])ccc21. The number of methoxy groups -OCH3 is 2. The van der Waals surface area contributed by atoms with Crippen LogP contribution in [0.3, 0.4) is 0 Å². The second-order valence-corrected chi connectivity index (χ2v) is 19.9. The summed E-state index contributed by atoms with van der Waals surface area (Å²) in [5.74, 6) is -2.69. The monoisotopic (exact) mass is 919 g/mol. The normalized spacial score (nSPS) is 21.5. The van der Waals surface area contributed by atoms with Crippen molar-refractivity contribution in [3.63, 3.8) is 0 Å². The number of hydroxylamine groups is 2. The Morgan fingerprint density at radius 3 is 2.05 bits per heavy atom. The van der Waals surface area contributed by atoms with Crippen molar-refractivity contribution in [3.05, 3.63) is 83.1 Å². The Bertz CT molecular complexity index is 2570. The van der Waals surface area contributed by atoms with E-state index in [1.165, 1.54) is 50.6 Å². The maximum absolute atomic E-state index is 12.7. The van der Waals surface area contributed by atoms with Gasteiger partial charge < -0.3 is 32.9 Å². The first kappa shape index (κ1) is 48.4. The molecule has 0 aromatic heterocycles. The summed E-state index contributed by atoms with van der Waals surface area (Å²) < 4.78 is 120. The molecule has 2 aromatic carbocycles. The first-order valence-corrected chi connectivity index (χ1v) is 24.0. The Balaban J connectivity index is 1.56. The average molecular weight is 920 g/mol. The highest BCUT2D eigenvalue weighted by Gasteiger charge is 2.48. The smallest absolute Gasteiger partial charge is 0.333 e. The molecule has 2 unspecified atom stereocenters. The summed E-state index contributed by atoms with van der Waals surface area (Å²) in [6, 6.07) is 8.05. The van der Waals surface area contributed by atoms with Gasteiger partial charge in [0, 0.05) is 86.9 Å². The van der Waals surface area contributed by atoms with E-state index in [-0.39, 0.29) is 58.3 Å². The number of amides is 2. The van der Waals surface area contributed by atoms with Crippen LogP contribution >= 0.6 is 0 Å². The van der Waals surface area contributed by atoms with Gasteiger partial charge in [-0.05, 0) is 88.4 Å². The summed E-state index contributed by atoms with van der Waals surface area (Å²) in [6.45, 7) is 6.41. The average Bonchev–Trinajstić information content (AvgIpc) is 3.72. The number of benzene rings is 2. The van der Waals surface area contributed by atoms with Crippen molar-refractivity contribution in [2.45, 2.75) is 86.3 Å². The number of hydrogen-bond acceptors (Lipinski definition) is 16. The summed E-state index contributed by atoms with van der Waals surface area (Å²) >= 11 is 0. The van der Waals surface area contributed by atoms with Crippen LogP contribution in [0.4, 0.5) is 11.4 Å². The summed E-state index contributed by atoms with van der Waals surface area (Å²) in [4.78, 5) is 42.8. The van der Waals surface area contributed by atoms with Gasteiger partial charge in [-0.25, -0.2) is 30.0 Å². The maximum atomic E-state index is 12.7. The fourth-order valence-corrected chi connectivity index (χ4v) is 9.63. The van der Waals surface area contributed by atoms with Gasteiger partial charge in [-0.2, -0.15) is 4.58 Å². The summed E-state index contributed by atoms with van der Waals surface area (Å²) in [5, 5.41) is 0.472. The van der Waals surface area contributed by atoms with Crippen LogP contribution in [0.1, 0.15) is 76.8 Å². The number of anilines is 1. The molecule has 3 aliphatic rings. The first-order chi connectivity index (χ1) is 28.9. The molecule has 338 valence electrons. The Morgan fingerprint density at radius 2 is 1.45 bits per heavy atom. The van der Waals surface area contributed by atoms with Gasteiger partial charge in [0.25, 0.3) is 11.8 Å². The number of rotatable bonds is 20. The zero-order valence-electron chi connectivity index (χ0n) is 34.9. The van der Waals surface area contributed by atoms with Crippen LogP contribution in [0.2, 0.25) is 0 Å². The Morgan fingerprint density at radius 1 is 0.839 bits per heavy atom. The number of imide groups is 1. The number of ether oxygens (including phenoxy) is 2. The minimum absolute atomic E-state index is 0.0583. The van der Waals surface area contributed by atoms with E-state index in [1.54, 1.807) is 32.1 Å². The molecular weight excluding hydrogens is 871 g/mol. The second kappa shape index (κ2) is 19.0. The molecule has 2 atom stereocenters. The van der Waals surface area contributed by atoms with Gasteiger partial charge in [-0.3, -0.25) is 9.59 Å². The molecule has 0 bridgehead atoms. The van der Waals surface area contributed by atoms with Crippen molar-refractivity contribution >= 4 is 65.2 Å². The lowest BCUT2D eigenvalue weighted by Gasteiger charge is -2.30. The molecular formula is C41H49N3O15S3-2. The van der Waals surface area contributed by atoms with Crippen LogP contribution < -0.4 is 4.90 Å². The Hall–Kier alpha value is -4.61. The number of carbonyl (C=O) groups is 3. The van der Waals surface area contributed by atoms with Crippen LogP contribution in [0.5, 0.6) is 0 Å². The minimum Gasteiger partial charge on any atom is -0.748 e. The molecule has 1 fully saturated rings. The molecule has 0 radical (unpaired) electrons. The van der Waals surface area contributed by atoms with Crippen LogP contribution in [0.25, 0.3) is 0 Å². The second-order valence-electron chi connectivity index (χ2n) is 15.7. The van der Waals surface area contributed by atoms with E-state index in [2.05, 4.69) is 0 Å². The molecule has 2 amide bonds. The highest BCUT2D eigenvalue weighted by atomic mass is 32.2. The first-order valence-electron chi connectivity index (χ1n) is 19.6. The quantitative estimate of drug-likeness (QED) is 0.0798. The standard InChI is InChI=1S/C41H51N3O15S3/c1-28(9-15-35-40(2,19-7-25-60(48,49)50)31-26-29(61(51,52)53)12-14-34(31)43(35)22-24-58-5)10-16-36-41(3,20-23-57-4)32-27-30(62(54,55)56)11-13-33(32)42(36)21-6-8-39(47)59-44-37(45)17-18-38(44)46/h9-16,26-27H,6-8,17-25H2,1-5H3,(H2-,48,49,50,51,52,53,54,55,56)/p-2. The van der Waals surface area contributed by atoms with Crippen LogP contribution in [-0.2, 0) is 69.9 Å². The third kappa shape index (κ3) is 10.8. The Labute approximate surface area is 361 Å². The van der Waals surface area contributed by atoms with Gasteiger partial charge in [0.15, 0.2) is 12.3 Å². The van der Waals surface area contributed by atoms with Crippen molar-refractivity contribution in [2.24, 2.45) is 0 Å². The van der Waals surface area contributed by atoms with Crippen molar-refractivity contribution in [2.75, 3.05) is 51.2 Å². The fraction of sp³-hybridized carbons (Fsp3) is 0.463. The summed E-state index contributed by atoms with van der Waals surface area (Å²) in [6.07, 6.45) is 7.44. The predicted molar refractivity (Wildman–Crippen MR) is 220 cm³/mol. The molecule has 21 heteroatoms. The molecule has 62 heavy (non-hydrogen) atoms. The van der Waals surface area contributed by atoms with E-state index in [0.717, 1.165) is 0 Å². The van der Waals surface area contributed by atoms with Gasteiger partial charge >= 0.3 is 5.97 Å². The van der Waals surface area contributed by atoms with E-state index < -0.39 is 74.5 Å². The number of nitrogens with zero attached hydrogens (tertiary/aromatic N) is 3. The summed E-state index contributed by atoms with van der Waals surface area (Å²) in [7, 11) is -11.3. The van der Waals surface area contributed by atoms with Crippen molar-refractivity contribution in [3.8, 4) is 0 Å². The topological polar surface area (TPSA) is 260 Å². The van der Waals surface area contributed by atoms with E-state index >= 15 is 0 Å². The number of hydrogen-bond donors (Lipinski definition) is 0. The van der Waals surface area contributed by atoms with Crippen molar-refractivity contribution in [1.29, 1.82) is 0 Å². The number of carbonyl (C=O) groups excluding carboxylic acids is 3. The zero-order chi connectivity index (χ0) is 45.8. The van der Waals surface area contributed by atoms with Gasteiger partial charge in [-0.1, -0.05) is 17.7 Å². The highest BCUT2D eigenvalue weighted by molar-refractivity contribution is 7.86. The van der Waals surface area contributed by atoms with Crippen LogP contribution in [-0.4, -0.2) is 118 Å². The van der Waals surface area contributed by atoms with E-state index in [0.29, 0.717) is 57.5 Å². The molecule has 1 saturated heterocycles. The van der Waals surface area contributed by atoms with Crippen molar-refractivity contribution in [1.82, 2.24) is 5.06 Å². The molecule has 0 spiro atoms. The predicted octanol–water partition coefficient (Wildman–Crippen LogP) is 3.41. The molecule has 0 aliphatic carbocycles. The van der Waals surface area contributed by atoms with Crippen molar-refractivity contribution < 1.29 is 72.2 Å². The third-order valence-corrected chi connectivity index (χ3v) is 13.8.